The van der Waals surface area contributed by atoms with Gasteiger partial charge < -0.3 is 23.9 Å². The van der Waals surface area contributed by atoms with Gasteiger partial charge in [0.05, 0.1) is 25.3 Å². The van der Waals surface area contributed by atoms with Crippen molar-refractivity contribution in [1.82, 2.24) is 4.90 Å². The average molecular weight is 492 g/mol. The van der Waals surface area contributed by atoms with Gasteiger partial charge in [0.1, 0.15) is 34.0 Å². The van der Waals surface area contributed by atoms with Crippen molar-refractivity contribution < 1.29 is 23.4 Å². The molecule has 2 heterocycles. The Kier molecular flexibility index (Phi) is 6.05. The van der Waals surface area contributed by atoms with Crippen molar-refractivity contribution in [2.24, 2.45) is 0 Å². The molecule has 1 saturated heterocycles. The Morgan fingerprint density at radius 1 is 1.26 bits per heavy atom. The van der Waals surface area contributed by atoms with Crippen LogP contribution in [-0.2, 0) is 0 Å². The van der Waals surface area contributed by atoms with Gasteiger partial charge >= 0.3 is 0 Å². The van der Waals surface area contributed by atoms with E-state index in [0.29, 0.717) is 33.6 Å². The average Bonchev–Trinajstić information content (AvgIpc) is 3.13. The molecule has 0 saturated carbocycles. The zero-order valence-corrected chi connectivity index (χ0v) is 19.0. The van der Waals surface area contributed by atoms with E-state index in [1.165, 1.54) is 19.2 Å². The number of methoxy groups -OCH3 is 2. The van der Waals surface area contributed by atoms with Gasteiger partial charge in [-0.05, 0) is 48.1 Å². The predicted octanol–water partition coefficient (Wildman–Crippen LogP) is 4.16. The molecule has 2 aromatic carbocycles. The van der Waals surface area contributed by atoms with E-state index in [-0.39, 0.29) is 34.2 Å². The number of benzene rings is 2. The van der Waals surface area contributed by atoms with Crippen molar-refractivity contribution in [1.29, 1.82) is 0 Å². The monoisotopic (exact) mass is 491 g/mol. The molecular weight excluding hydrogens is 469 g/mol. The highest BCUT2D eigenvalue weighted by Gasteiger charge is 2.37. The Morgan fingerprint density at radius 3 is 2.68 bits per heavy atom. The molecule has 164 valence electrons. The number of likely N-dealkylation sites (tertiary alicyclic amines) is 1. The molecule has 1 N–H and O–H groups in total. The van der Waals surface area contributed by atoms with Crippen LogP contribution in [0.25, 0.3) is 22.3 Å². The summed E-state index contributed by atoms with van der Waals surface area (Å²) in [6.45, 7) is 0.739. The third kappa shape index (κ3) is 3.62. The molecule has 3 aromatic rings. The van der Waals surface area contributed by atoms with Gasteiger partial charge in [-0.15, -0.1) is 0 Å². The normalized spacial score (nSPS) is 19.2. The number of nitrogens with zero attached hydrogens (tertiary/aromatic N) is 1. The SMILES string of the molecule is COc1cc(OC)c2c(=O)cc(-c3cccc(F)c3Br)oc2c1[C@@H]1CCN(C)[C@H]1CO. The molecule has 0 unspecified atom stereocenters. The molecule has 6 nitrogen and oxygen atoms in total. The Morgan fingerprint density at radius 2 is 2.00 bits per heavy atom. The van der Waals surface area contributed by atoms with Gasteiger partial charge in [0.25, 0.3) is 0 Å². The van der Waals surface area contributed by atoms with E-state index in [4.69, 9.17) is 13.9 Å². The molecule has 4 rings (SSSR count). The van der Waals surface area contributed by atoms with Crippen molar-refractivity contribution in [3.63, 3.8) is 0 Å². The number of aliphatic hydroxyl groups excluding tert-OH is 1. The summed E-state index contributed by atoms with van der Waals surface area (Å²) in [4.78, 5) is 15.3. The van der Waals surface area contributed by atoms with Crippen LogP contribution < -0.4 is 14.9 Å². The first kappa shape index (κ1) is 21.8. The van der Waals surface area contributed by atoms with Crippen molar-refractivity contribution in [2.45, 2.75) is 18.4 Å². The Labute approximate surface area is 187 Å². The van der Waals surface area contributed by atoms with Crippen LogP contribution in [0.2, 0.25) is 0 Å². The van der Waals surface area contributed by atoms with Crippen LogP contribution in [0.3, 0.4) is 0 Å². The fourth-order valence-corrected chi connectivity index (χ4v) is 4.88. The number of likely N-dealkylation sites (N-methyl/N-ethyl adjacent to an activating group) is 1. The quantitative estimate of drug-likeness (QED) is 0.577. The lowest BCUT2D eigenvalue weighted by atomic mass is 9.89. The van der Waals surface area contributed by atoms with Crippen molar-refractivity contribution >= 4 is 26.9 Å². The molecule has 8 heteroatoms. The summed E-state index contributed by atoms with van der Waals surface area (Å²) in [5.41, 5.74) is 1.15. The molecule has 1 aliphatic heterocycles. The third-order valence-electron chi connectivity index (χ3n) is 6.00. The standard InChI is InChI=1S/C23H23BrFNO5/c1-26-8-7-12(15(26)11-27)20-18(29-2)10-19(30-3)21-16(28)9-17(31-23(20)21)13-5-4-6-14(25)22(13)24/h4-6,9-10,12,15,27H,7-8,11H2,1-3H3/t12-,15+/m1/s1. The minimum Gasteiger partial charge on any atom is -0.496 e. The second-order valence-electron chi connectivity index (χ2n) is 7.60. The number of fused-ring (bicyclic) bond motifs is 1. The molecule has 1 aromatic heterocycles. The van der Waals surface area contributed by atoms with Crippen LogP contribution >= 0.6 is 15.9 Å². The fraction of sp³-hybridized carbons (Fsp3) is 0.348. The first-order valence-corrected chi connectivity index (χ1v) is 10.7. The molecule has 0 radical (unpaired) electrons. The summed E-state index contributed by atoms with van der Waals surface area (Å²) < 4.78 is 31.7. The van der Waals surface area contributed by atoms with Crippen LogP contribution in [0.5, 0.6) is 11.5 Å². The van der Waals surface area contributed by atoms with Crippen LogP contribution in [0.1, 0.15) is 17.9 Å². The Balaban J connectivity index is 2.07. The molecule has 31 heavy (non-hydrogen) atoms. The summed E-state index contributed by atoms with van der Waals surface area (Å²) in [6.07, 6.45) is 0.761. The topological polar surface area (TPSA) is 72.1 Å². The lowest BCUT2D eigenvalue weighted by Gasteiger charge is -2.25. The van der Waals surface area contributed by atoms with E-state index >= 15 is 0 Å². The minimum atomic E-state index is -0.457. The highest BCUT2D eigenvalue weighted by molar-refractivity contribution is 9.10. The largest absolute Gasteiger partial charge is 0.496 e. The van der Waals surface area contributed by atoms with Gasteiger partial charge in [-0.2, -0.15) is 0 Å². The summed E-state index contributed by atoms with van der Waals surface area (Å²) in [5, 5.41) is 10.3. The number of hydrogen-bond acceptors (Lipinski definition) is 6. The lowest BCUT2D eigenvalue weighted by Crippen LogP contribution is -2.32. The Hall–Kier alpha value is -2.42. The summed E-state index contributed by atoms with van der Waals surface area (Å²) >= 11 is 3.25. The van der Waals surface area contributed by atoms with Gasteiger partial charge in [0, 0.05) is 35.2 Å². The van der Waals surface area contributed by atoms with Gasteiger partial charge in [-0.1, -0.05) is 6.07 Å². The minimum absolute atomic E-state index is 0.0444. The van der Waals surface area contributed by atoms with Gasteiger partial charge in [0.2, 0.25) is 0 Å². The zero-order valence-electron chi connectivity index (χ0n) is 17.4. The van der Waals surface area contributed by atoms with E-state index < -0.39 is 5.82 Å². The molecule has 0 aliphatic carbocycles. The highest BCUT2D eigenvalue weighted by atomic mass is 79.9. The molecule has 0 amide bonds. The molecular formula is C23H23BrFNO5. The maximum atomic E-state index is 14.1. The van der Waals surface area contributed by atoms with Crippen molar-refractivity contribution in [3.8, 4) is 22.8 Å². The first-order valence-electron chi connectivity index (χ1n) is 9.89. The van der Waals surface area contributed by atoms with E-state index in [0.717, 1.165) is 13.0 Å². The van der Waals surface area contributed by atoms with Crippen molar-refractivity contribution in [2.75, 3.05) is 34.4 Å². The van der Waals surface area contributed by atoms with Crippen LogP contribution in [-0.4, -0.2) is 50.5 Å². The smallest absolute Gasteiger partial charge is 0.197 e. The number of hydrogen-bond donors (Lipinski definition) is 1. The fourth-order valence-electron chi connectivity index (χ4n) is 4.42. The number of ether oxygens (including phenoxy) is 2. The summed E-state index contributed by atoms with van der Waals surface area (Å²) in [5.74, 6) is 0.504. The Bertz CT molecular complexity index is 1190. The maximum Gasteiger partial charge on any atom is 0.197 e. The van der Waals surface area contributed by atoms with Crippen molar-refractivity contribution in [3.05, 3.63) is 56.4 Å². The number of halogens is 2. The second-order valence-corrected chi connectivity index (χ2v) is 8.39. The van der Waals surface area contributed by atoms with Gasteiger partial charge in [-0.3, -0.25) is 4.79 Å². The summed E-state index contributed by atoms with van der Waals surface area (Å²) in [6, 6.07) is 7.42. The number of aliphatic hydroxyl groups is 1. The van der Waals surface area contributed by atoms with E-state index in [1.54, 1.807) is 25.3 Å². The van der Waals surface area contributed by atoms with Crippen LogP contribution in [0.4, 0.5) is 4.39 Å². The van der Waals surface area contributed by atoms with Gasteiger partial charge in [-0.25, -0.2) is 4.39 Å². The van der Waals surface area contributed by atoms with E-state index in [1.807, 2.05) is 7.05 Å². The molecule has 1 aliphatic rings. The second kappa shape index (κ2) is 8.61. The molecule has 2 atom stereocenters. The first-order chi connectivity index (χ1) is 14.9. The molecule has 0 spiro atoms. The third-order valence-corrected chi connectivity index (χ3v) is 6.81. The van der Waals surface area contributed by atoms with E-state index in [9.17, 15) is 14.3 Å². The highest BCUT2D eigenvalue weighted by Crippen LogP contribution is 2.45. The van der Waals surface area contributed by atoms with E-state index in [2.05, 4.69) is 20.8 Å². The zero-order chi connectivity index (χ0) is 22.3. The summed E-state index contributed by atoms with van der Waals surface area (Å²) in [7, 11) is 4.97. The maximum absolute atomic E-state index is 14.1. The molecule has 0 bridgehead atoms. The van der Waals surface area contributed by atoms with Gasteiger partial charge in [0.15, 0.2) is 5.43 Å². The number of rotatable bonds is 5. The predicted molar refractivity (Wildman–Crippen MR) is 120 cm³/mol. The van der Waals surface area contributed by atoms with Crippen LogP contribution in [0, 0.1) is 5.82 Å². The van der Waals surface area contributed by atoms with Crippen LogP contribution in [0.15, 0.2) is 44.0 Å². The lowest BCUT2D eigenvalue weighted by molar-refractivity contribution is 0.171. The molecule has 1 fully saturated rings.